The Morgan fingerprint density at radius 2 is 1.79 bits per heavy atom. The number of nitrogens with zero attached hydrogens (tertiary/aromatic N) is 1. The zero-order valence-electron chi connectivity index (χ0n) is 12.7. The Labute approximate surface area is 116 Å². The van der Waals surface area contributed by atoms with Crippen molar-refractivity contribution in [2.45, 2.75) is 45.7 Å². The summed E-state index contributed by atoms with van der Waals surface area (Å²) in [6.07, 6.45) is 2.04. The standard InChI is InChI=1S/C13H28N4O2/c1-6-7-10(2)16-12(18)11(3)14-8-9-15-13(19)17(4)5/h10-11,14H,6-9H2,1-5H3,(H,15,19)(H,16,18). The first-order valence-corrected chi connectivity index (χ1v) is 6.87. The number of amides is 3. The van der Waals surface area contributed by atoms with E-state index in [9.17, 15) is 9.59 Å². The Bertz CT molecular complexity index is 282. The van der Waals surface area contributed by atoms with E-state index in [1.807, 2.05) is 13.8 Å². The minimum atomic E-state index is -0.254. The molecule has 0 bridgehead atoms. The molecule has 0 aliphatic heterocycles. The third-order valence-corrected chi connectivity index (χ3v) is 2.76. The van der Waals surface area contributed by atoms with Gasteiger partial charge in [-0.25, -0.2) is 4.79 Å². The van der Waals surface area contributed by atoms with Crippen molar-refractivity contribution in [3.05, 3.63) is 0 Å². The Hall–Kier alpha value is -1.30. The van der Waals surface area contributed by atoms with Crippen LogP contribution in [0.25, 0.3) is 0 Å². The molecule has 0 aromatic rings. The maximum absolute atomic E-state index is 11.8. The summed E-state index contributed by atoms with van der Waals surface area (Å²) in [6, 6.07) is -0.179. The Morgan fingerprint density at radius 1 is 1.16 bits per heavy atom. The molecule has 0 aliphatic rings. The highest BCUT2D eigenvalue weighted by Gasteiger charge is 2.13. The lowest BCUT2D eigenvalue weighted by atomic mass is 10.2. The summed E-state index contributed by atoms with van der Waals surface area (Å²) < 4.78 is 0. The van der Waals surface area contributed by atoms with Crippen molar-refractivity contribution in [3.8, 4) is 0 Å². The minimum absolute atomic E-state index is 0.000105. The molecule has 2 unspecified atom stereocenters. The van der Waals surface area contributed by atoms with Gasteiger partial charge in [0, 0.05) is 33.2 Å². The molecule has 3 N–H and O–H groups in total. The number of nitrogens with one attached hydrogen (secondary N) is 3. The second-order valence-electron chi connectivity index (χ2n) is 5.00. The van der Waals surface area contributed by atoms with E-state index in [1.54, 1.807) is 14.1 Å². The zero-order chi connectivity index (χ0) is 14.8. The van der Waals surface area contributed by atoms with Crippen LogP contribution < -0.4 is 16.0 Å². The maximum Gasteiger partial charge on any atom is 0.316 e. The van der Waals surface area contributed by atoms with Gasteiger partial charge >= 0.3 is 6.03 Å². The van der Waals surface area contributed by atoms with Crippen LogP contribution >= 0.6 is 0 Å². The second-order valence-corrected chi connectivity index (χ2v) is 5.00. The Balaban J connectivity index is 3.76. The minimum Gasteiger partial charge on any atom is -0.352 e. The van der Waals surface area contributed by atoms with Crippen molar-refractivity contribution < 1.29 is 9.59 Å². The fourth-order valence-electron chi connectivity index (χ4n) is 1.58. The number of carbonyl (C=O) groups is 2. The van der Waals surface area contributed by atoms with Gasteiger partial charge in [-0.3, -0.25) is 4.79 Å². The summed E-state index contributed by atoms with van der Waals surface area (Å²) in [7, 11) is 3.38. The summed E-state index contributed by atoms with van der Waals surface area (Å²) in [5.41, 5.74) is 0. The van der Waals surface area contributed by atoms with Crippen LogP contribution in [0.4, 0.5) is 4.79 Å². The van der Waals surface area contributed by atoms with Crippen molar-refractivity contribution in [2.75, 3.05) is 27.2 Å². The van der Waals surface area contributed by atoms with Gasteiger partial charge in [0.2, 0.25) is 5.91 Å². The highest BCUT2D eigenvalue weighted by Crippen LogP contribution is 1.95. The van der Waals surface area contributed by atoms with Crippen LogP contribution in [-0.2, 0) is 4.79 Å². The van der Waals surface area contributed by atoms with Gasteiger partial charge in [-0.1, -0.05) is 13.3 Å². The molecule has 0 spiro atoms. The van der Waals surface area contributed by atoms with E-state index < -0.39 is 0 Å². The van der Waals surface area contributed by atoms with Crippen molar-refractivity contribution in [1.82, 2.24) is 20.9 Å². The maximum atomic E-state index is 11.8. The van der Waals surface area contributed by atoms with Crippen molar-refractivity contribution in [3.63, 3.8) is 0 Å². The van der Waals surface area contributed by atoms with Gasteiger partial charge < -0.3 is 20.9 Å². The van der Waals surface area contributed by atoms with Gasteiger partial charge in [-0.15, -0.1) is 0 Å². The molecule has 112 valence electrons. The molecule has 0 aromatic carbocycles. The molecule has 2 atom stereocenters. The largest absolute Gasteiger partial charge is 0.352 e. The normalized spacial score (nSPS) is 13.5. The number of hydrogen-bond donors (Lipinski definition) is 3. The van der Waals surface area contributed by atoms with Crippen LogP contribution in [0.3, 0.4) is 0 Å². The summed E-state index contributed by atoms with van der Waals surface area (Å²) >= 11 is 0. The predicted octanol–water partition coefficient (Wildman–Crippen LogP) is 0.541. The molecule has 3 amide bonds. The fourth-order valence-corrected chi connectivity index (χ4v) is 1.58. The van der Waals surface area contributed by atoms with Crippen LogP contribution in [0.2, 0.25) is 0 Å². The van der Waals surface area contributed by atoms with E-state index in [-0.39, 0.29) is 24.0 Å². The fraction of sp³-hybridized carbons (Fsp3) is 0.846. The summed E-state index contributed by atoms with van der Waals surface area (Å²) in [6.45, 7) is 6.99. The van der Waals surface area contributed by atoms with Crippen molar-refractivity contribution in [2.24, 2.45) is 0 Å². The molecule has 0 radical (unpaired) electrons. The zero-order valence-corrected chi connectivity index (χ0v) is 12.7. The van der Waals surface area contributed by atoms with Gasteiger partial charge in [0.15, 0.2) is 0 Å². The van der Waals surface area contributed by atoms with Gasteiger partial charge in [-0.05, 0) is 20.3 Å². The SMILES string of the molecule is CCCC(C)NC(=O)C(C)NCCNC(=O)N(C)C. The first kappa shape index (κ1) is 17.7. The van der Waals surface area contributed by atoms with E-state index >= 15 is 0 Å². The van der Waals surface area contributed by atoms with Gasteiger partial charge in [-0.2, -0.15) is 0 Å². The molecule has 19 heavy (non-hydrogen) atoms. The average molecular weight is 272 g/mol. The number of urea groups is 1. The van der Waals surface area contributed by atoms with Crippen LogP contribution in [-0.4, -0.2) is 56.1 Å². The topological polar surface area (TPSA) is 73.5 Å². The van der Waals surface area contributed by atoms with E-state index in [1.165, 1.54) is 4.90 Å². The molecule has 0 heterocycles. The summed E-state index contributed by atoms with van der Waals surface area (Å²) in [5.74, 6) is -0.000105. The average Bonchev–Trinajstić information content (AvgIpc) is 2.33. The highest BCUT2D eigenvalue weighted by atomic mass is 16.2. The Kier molecular flexibility index (Phi) is 8.95. The van der Waals surface area contributed by atoms with Crippen molar-refractivity contribution >= 4 is 11.9 Å². The predicted molar refractivity (Wildman–Crippen MR) is 77.1 cm³/mol. The molecular weight excluding hydrogens is 244 g/mol. The van der Waals surface area contributed by atoms with Crippen LogP contribution in [0.15, 0.2) is 0 Å². The smallest absolute Gasteiger partial charge is 0.316 e. The number of rotatable bonds is 8. The lowest BCUT2D eigenvalue weighted by molar-refractivity contribution is -0.123. The molecule has 6 heteroatoms. The lowest BCUT2D eigenvalue weighted by Gasteiger charge is -2.18. The van der Waals surface area contributed by atoms with E-state index in [4.69, 9.17) is 0 Å². The molecule has 6 nitrogen and oxygen atoms in total. The van der Waals surface area contributed by atoms with Gasteiger partial charge in [0.05, 0.1) is 6.04 Å². The summed E-state index contributed by atoms with van der Waals surface area (Å²) in [4.78, 5) is 24.5. The van der Waals surface area contributed by atoms with Gasteiger partial charge in [0.1, 0.15) is 0 Å². The first-order valence-electron chi connectivity index (χ1n) is 6.87. The van der Waals surface area contributed by atoms with Crippen molar-refractivity contribution in [1.29, 1.82) is 0 Å². The molecule has 0 aromatic heterocycles. The van der Waals surface area contributed by atoms with E-state index in [0.717, 1.165) is 12.8 Å². The molecule has 0 rings (SSSR count). The number of hydrogen-bond acceptors (Lipinski definition) is 3. The van der Waals surface area contributed by atoms with Crippen LogP contribution in [0, 0.1) is 0 Å². The molecule has 0 saturated heterocycles. The second kappa shape index (κ2) is 9.61. The molecule has 0 aliphatic carbocycles. The first-order chi connectivity index (χ1) is 8.88. The van der Waals surface area contributed by atoms with E-state index in [0.29, 0.717) is 13.1 Å². The van der Waals surface area contributed by atoms with Crippen LogP contribution in [0.5, 0.6) is 0 Å². The Morgan fingerprint density at radius 3 is 2.32 bits per heavy atom. The van der Waals surface area contributed by atoms with E-state index in [2.05, 4.69) is 22.9 Å². The molecular formula is C13H28N4O2. The van der Waals surface area contributed by atoms with Gasteiger partial charge in [0.25, 0.3) is 0 Å². The van der Waals surface area contributed by atoms with Crippen LogP contribution in [0.1, 0.15) is 33.6 Å². The third kappa shape index (κ3) is 8.42. The quantitative estimate of drug-likeness (QED) is 0.565. The monoisotopic (exact) mass is 272 g/mol. The third-order valence-electron chi connectivity index (χ3n) is 2.76. The number of carbonyl (C=O) groups excluding carboxylic acids is 2. The molecule has 0 saturated carbocycles. The molecule has 0 fully saturated rings. The highest BCUT2D eigenvalue weighted by molar-refractivity contribution is 5.81. The lowest BCUT2D eigenvalue weighted by Crippen LogP contribution is -2.47. The summed E-state index contributed by atoms with van der Waals surface area (Å²) in [5, 5.41) is 8.76.